The van der Waals surface area contributed by atoms with Crippen LogP contribution in [0.2, 0.25) is 0 Å². The molecular weight excluding hydrogens is 385 g/mol. The zero-order valence-electron chi connectivity index (χ0n) is 16.8. The summed E-state index contributed by atoms with van der Waals surface area (Å²) in [7, 11) is 0. The first-order valence-electron chi connectivity index (χ1n) is 9.90. The maximum absolute atomic E-state index is 14.5. The van der Waals surface area contributed by atoms with Gasteiger partial charge in [0.2, 0.25) is 0 Å². The molecule has 7 heteroatoms. The van der Waals surface area contributed by atoms with Gasteiger partial charge in [-0.3, -0.25) is 4.90 Å². The van der Waals surface area contributed by atoms with Gasteiger partial charge in [0.25, 0.3) is 0 Å². The highest BCUT2D eigenvalue weighted by molar-refractivity contribution is 8.13. The summed E-state index contributed by atoms with van der Waals surface area (Å²) in [5, 5.41) is 8.36. The Balaban J connectivity index is 1.50. The number of rotatable bonds is 7. The number of halogens is 1. The molecule has 5 nitrogen and oxygen atoms in total. The molecule has 0 aliphatic carbocycles. The van der Waals surface area contributed by atoms with Crippen LogP contribution in [0.4, 0.5) is 4.39 Å². The summed E-state index contributed by atoms with van der Waals surface area (Å²) in [6.07, 6.45) is 1.53. The van der Waals surface area contributed by atoms with E-state index in [1.807, 2.05) is 42.5 Å². The van der Waals surface area contributed by atoms with Gasteiger partial charge in [-0.25, -0.2) is 4.39 Å². The fraction of sp³-hybridized carbons (Fsp3) is 0.364. The minimum absolute atomic E-state index is 0.206. The minimum atomic E-state index is -0.206. The van der Waals surface area contributed by atoms with Crippen molar-refractivity contribution < 1.29 is 4.39 Å². The quantitative estimate of drug-likeness (QED) is 0.429. The predicted octanol–water partition coefficient (Wildman–Crippen LogP) is 3.55. The SMILES string of the molecule is CCN1CCN(Cc2ccc(C=NN=C(N)SCc3ccccc3)cc2F)CC1. The van der Waals surface area contributed by atoms with Gasteiger partial charge in [-0.2, -0.15) is 5.10 Å². The molecule has 1 aliphatic rings. The summed E-state index contributed by atoms with van der Waals surface area (Å²) in [5.74, 6) is 0.531. The van der Waals surface area contributed by atoms with Crippen molar-refractivity contribution in [2.45, 2.75) is 19.2 Å². The maximum Gasteiger partial charge on any atom is 0.180 e. The lowest BCUT2D eigenvalue weighted by Crippen LogP contribution is -2.45. The van der Waals surface area contributed by atoms with Crippen LogP contribution < -0.4 is 5.73 Å². The van der Waals surface area contributed by atoms with Crippen LogP contribution in [0.1, 0.15) is 23.6 Å². The Hall–Kier alpha value is -2.22. The molecule has 2 N–H and O–H groups in total. The largest absolute Gasteiger partial charge is 0.377 e. The molecule has 0 amide bonds. The van der Waals surface area contributed by atoms with E-state index < -0.39 is 0 Å². The van der Waals surface area contributed by atoms with Crippen molar-refractivity contribution in [1.82, 2.24) is 9.80 Å². The molecule has 0 bridgehead atoms. The Morgan fingerprint density at radius 1 is 1.10 bits per heavy atom. The van der Waals surface area contributed by atoms with Crippen LogP contribution in [0.5, 0.6) is 0 Å². The van der Waals surface area contributed by atoms with E-state index in [1.165, 1.54) is 29.6 Å². The van der Waals surface area contributed by atoms with Crippen LogP contribution >= 0.6 is 11.8 Å². The number of nitrogens with zero attached hydrogens (tertiary/aromatic N) is 4. The number of benzene rings is 2. The Labute approximate surface area is 176 Å². The van der Waals surface area contributed by atoms with E-state index in [4.69, 9.17) is 5.73 Å². The van der Waals surface area contributed by atoms with Gasteiger partial charge in [-0.15, -0.1) is 5.10 Å². The van der Waals surface area contributed by atoms with Crippen LogP contribution in [0, 0.1) is 5.82 Å². The molecule has 0 atom stereocenters. The molecule has 0 spiro atoms. The molecule has 1 aliphatic heterocycles. The number of thioether (sulfide) groups is 1. The fourth-order valence-corrected chi connectivity index (χ4v) is 3.80. The second-order valence-electron chi connectivity index (χ2n) is 7.02. The number of amidine groups is 1. The molecule has 0 radical (unpaired) electrons. The third-order valence-corrected chi connectivity index (χ3v) is 5.83. The lowest BCUT2D eigenvalue weighted by atomic mass is 10.1. The lowest BCUT2D eigenvalue weighted by Gasteiger charge is -2.34. The summed E-state index contributed by atoms with van der Waals surface area (Å²) < 4.78 is 14.5. The third kappa shape index (κ3) is 6.96. The average molecular weight is 414 g/mol. The molecule has 1 heterocycles. The molecule has 3 rings (SSSR count). The first-order chi connectivity index (χ1) is 14.1. The lowest BCUT2D eigenvalue weighted by molar-refractivity contribution is 0.131. The number of hydrogen-bond acceptors (Lipinski definition) is 5. The van der Waals surface area contributed by atoms with Crippen molar-refractivity contribution >= 4 is 23.1 Å². The van der Waals surface area contributed by atoms with Crippen molar-refractivity contribution in [2.75, 3.05) is 32.7 Å². The van der Waals surface area contributed by atoms with E-state index in [-0.39, 0.29) is 5.82 Å². The number of piperazine rings is 1. The summed E-state index contributed by atoms with van der Waals surface area (Å²) in [5.41, 5.74) is 8.44. The van der Waals surface area contributed by atoms with Crippen molar-refractivity contribution in [2.24, 2.45) is 15.9 Å². The molecule has 1 saturated heterocycles. The van der Waals surface area contributed by atoms with Crippen LogP contribution in [0.25, 0.3) is 0 Å². The molecule has 2 aromatic carbocycles. The van der Waals surface area contributed by atoms with E-state index in [0.29, 0.717) is 22.8 Å². The van der Waals surface area contributed by atoms with Crippen molar-refractivity contribution in [1.29, 1.82) is 0 Å². The van der Waals surface area contributed by atoms with Crippen molar-refractivity contribution in [3.8, 4) is 0 Å². The first kappa shape index (κ1) is 21.5. The van der Waals surface area contributed by atoms with Gasteiger partial charge < -0.3 is 10.6 Å². The van der Waals surface area contributed by atoms with Gasteiger partial charge in [0.1, 0.15) is 5.82 Å². The summed E-state index contributed by atoms with van der Waals surface area (Å²) >= 11 is 1.42. The minimum Gasteiger partial charge on any atom is -0.377 e. The van der Waals surface area contributed by atoms with Crippen LogP contribution in [0.3, 0.4) is 0 Å². The summed E-state index contributed by atoms with van der Waals surface area (Å²) in [4.78, 5) is 4.71. The first-order valence-corrected chi connectivity index (χ1v) is 10.9. The number of likely N-dealkylation sites (N-methyl/N-ethyl adjacent to an activating group) is 1. The van der Waals surface area contributed by atoms with Gasteiger partial charge in [0.05, 0.1) is 6.21 Å². The Bertz CT molecular complexity index is 832. The van der Waals surface area contributed by atoms with E-state index in [0.717, 1.165) is 38.5 Å². The summed E-state index contributed by atoms with van der Waals surface area (Å²) in [6, 6.07) is 15.2. The molecule has 1 fully saturated rings. The van der Waals surface area contributed by atoms with Crippen molar-refractivity contribution in [3.63, 3.8) is 0 Å². The van der Waals surface area contributed by atoms with E-state index in [9.17, 15) is 4.39 Å². The second kappa shape index (κ2) is 11.1. The smallest absolute Gasteiger partial charge is 0.180 e. The normalized spacial score (nSPS) is 16.6. The van der Waals surface area contributed by atoms with Crippen LogP contribution in [-0.2, 0) is 12.3 Å². The molecular formula is C22H28FN5S. The zero-order chi connectivity index (χ0) is 20.5. The third-order valence-electron chi connectivity index (χ3n) is 4.98. The molecule has 0 saturated carbocycles. The number of hydrogen-bond donors (Lipinski definition) is 1. The monoisotopic (exact) mass is 413 g/mol. The number of nitrogens with two attached hydrogens (primary N) is 1. The topological polar surface area (TPSA) is 57.2 Å². The summed E-state index contributed by atoms with van der Waals surface area (Å²) in [6.45, 7) is 7.94. The Kier molecular flexibility index (Phi) is 8.22. The average Bonchev–Trinajstić information content (AvgIpc) is 2.75. The van der Waals surface area contributed by atoms with Gasteiger partial charge in [-0.1, -0.05) is 61.2 Å². The molecule has 29 heavy (non-hydrogen) atoms. The highest BCUT2D eigenvalue weighted by Gasteiger charge is 2.16. The second-order valence-corrected chi connectivity index (χ2v) is 8.01. The van der Waals surface area contributed by atoms with E-state index in [1.54, 1.807) is 0 Å². The van der Waals surface area contributed by atoms with Crippen molar-refractivity contribution in [3.05, 3.63) is 71.0 Å². The highest BCUT2D eigenvalue weighted by Crippen LogP contribution is 2.14. The van der Waals surface area contributed by atoms with Gasteiger partial charge in [0, 0.05) is 44.0 Å². The Morgan fingerprint density at radius 3 is 2.52 bits per heavy atom. The van der Waals surface area contributed by atoms with Gasteiger partial charge >= 0.3 is 0 Å². The standard InChI is InChI=1S/C22H28FN5S/c1-2-27-10-12-28(13-11-27)16-20-9-8-19(14-21(20)23)15-25-26-22(24)29-17-18-6-4-3-5-7-18/h3-9,14-15H,2,10-13,16-17H2,1H3,(H2,24,26). The van der Waals surface area contributed by atoms with Gasteiger partial charge in [0.15, 0.2) is 5.17 Å². The predicted molar refractivity (Wildman–Crippen MR) is 121 cm³/mol. The highest BCUT2D eigenvalue weighted by atomic mass is 32.2. The maximum atomic E-state index is 14.5. The molecule has 0 unspecified atom stereocenters. The van der Waals surface area contributed by atoms with E-state index in [2.05, 4.69) is 26.9 Å². The molecule has 2 aromatic rings. The van der Waals surface area contributed by atoms with E-state index >= 15 is 0 Å². The van der Waals surface area contributed by atoms with Crippen LogP contribution in [-0.4, -0.2) is 53.9 Å². The molecule has 0 aromatic heterocycles. The van der Waals surface area contributed by atoms with Crippen LogP contribution in [0.15, 0.2) is 58.7 Å². The fourth-order valence-electron chi connectivity index (χ4n) is 3.19. The Morgan fingerprint density at radius 2 is 1.83 bits per heavy atom. The van der Waals surface area contributed by atoms with Gasteiger partial charge in [-0.05, 0) is 23.7 Å². The zero-order valence-corrected chi connectivity index (χ0v) is 17.6. The molecule has 154 valence electrons.